The highest BCUT2D eigenvalue weighted by atomic mass is 35.5. The highest BCUT2D eigenvalue weighted by molar-refractivity contribution is 7.05. The molecule has 1 saturated carbocycles. The van der Waals surface area contributed by atoms with Crippen LogP contribution in [0.4, 0.5) is 0 Å². The van der Waals surface area contributed by atoms with Crippen LogP contribution in [0.1, 0.15) is 43.4 Å². The number of nitrogens with zero attached hydrogens (tertiary/aromatic N) is 2. The van der Waals surface area contributed by atoms with E-state index in [9.17, 15) is 0 Å². The van der Waals surface area contributed by atoms with Crippen molar-refractivity contribution in [2.24, 2.45) is 5.92 Å². The van der Waals surface area contributed by atoms with Gasteiger partial charge in [0, 0.05) is 17.7 Å². The van der Waals surface area contributed by atoms with Gasteiger partial charge in [0.05, 0.1) is 0 Å². The first-order valence-electron chi connectivity index (χ1n) is 5.13. The van der Waals surface area contributed by atoms with E-state index in [2.05, 4.69) is 23.2 Å². The van der Waals surface area contributed by atoms with Crippen molar-refractivity contribution >= 4 is 23.1 Å². The maximum absolute atomic E-state index is 6.19. The molecule has 1 aromatic heterocycles. The van der Waals surface area contributed by atoms with E-state index in [1.54, 1.807) is 0 Å². The van der Waals surface area contributed by atoms with E-state index < -0.39 is 0 Å². The summed E-state index contributed by atoms with van der Waals surface area (Å²) >= 11 is 7.71. The minimum atomic E-state index is 0.190. The third-order valence-corrected chi connectivity index (χ3v) is 3.92. The standard InChI is InChI=1S/C10H15ClN2S/c1-6(2)8(11)5-9-12-10(13-14-9)7-3-4-7/h6-8H,3-5H2,1-2H3. The van der Waals surface area contributed by atoms with Crippen molar-refractivity contribution in [1.82, 2.24) is 9.36 Å². The summed E-state index contributed by atoms with van der Waals surface area (Å²) in [6, 6.07) is 0. The van der Waals surface area contributed by atoms with E-state index in [1.165, 1.54) is 24.4 Å². The number of hydrogen-bond acceptors (Lipinski definition) is 3. The molecule has 2 rings (SSSR count). The molecule has 1 fully saturated rings. The molecule has 2 nitrogen and oxygen atoms in total. The fourth-order valence-corrected chi connectivity index (χ4v) is 2.28. The molecule has 0 amide bonds. The van der Waals surface area contributed by atoms with Crippen LogP contribution in [0.3, 0.4) is 0 Å². The summed E-state index contributed by atoms with van der Waals surface area (Å²) in [5.74, 6) is 2.22. The zero-order valence-corrected chi connectivity index (χ0v) is 10.1. The van der Waals surface area contributed by atoms with Crippen LogP contribution < -0.4 is 0 Å². The lowest BCUT2D eigenvalue weighted by Gasteiger charge is -2.10. The lowest BCUT2D eigenvalue weighted by Crippen LogP contribution is -2.10. The Morgan fingerprint density at radius 3 is 2.79 bits per heavy atom. The van der Waals surface area contributed by atoms with Crippen molar-refractivity contribution < 1.29 is 0 Å². The molecule has 1 aromatic rings. The summed E-state index contributed by atoms with van der Waals surface area (Å²) in [5, 5.41) is 1.29. The molecule has 1 aliphatic carbocycles. The highest BCUT2D eigenvalue weighted by Crippen LogP contribution is 2.38. The lowest BCUT2D eigenvalue weighted by atomic mass is 10.1. The Labute approximate surface area is 93.9 Å². The van der Waals surface area contributed by atoms with Gasteiger partial charge in [-0.05, 0) is 30.3 Å². The molecule has 0 saturated heterocycles. The molecule has 1 atom stereocenters. The van der Waals surface area contributed by atoms with Gasteiger partial charge in [0.2, 0.25) is 0 Å². The molecule has 0 bridgehead atoms. The van der Waals surface area contributed by atoms with Crippen LogP contribution >= 0.6 is 23.1 Å². The molecule has 1 unspecified atom stereocenters. The van der Waals surface area contributed by atoms with Gasteiger partial charge in [0.25, 0.3) is 0 Å². The summed E-state index contributed by atoms with van der Waals surface area (Å²) in [6.07, 6.45) is 3.40. The third-order valence-electron chi connectivity index (χ3n) is 2.52. The van der Waals surface area contributed by atoms with Gasteiger partial charge in [-0.1, -0.05) is 13.8 Å². The highest BCUT2D eigenvalue weighted by Gasteiger charge is 2.28. The summed E-state index contributed by atoms with van der Waals surface area (Å²) in [4.78, 5) is 4.52. The Morgan fingerprint density at radius 1 is 1.50 bits per heavy atom. The smallest absolute Gasteiger partial charge is 0.145 e. The first kappa shape index (κ1) is 10.4. The molecule has 4 heteroatoms. The summed E-state index contributed by atoms with van der Waals surface area (Å²) < 4.78 is 4.36. The number of rotatable bonds is 4. The molecule has 0 spiro atoms. The van der Waals surface area contributed by atoms with Gasteiger partial charge in [0.1, 0.15) is 10.8 Å². The van der Waals surface area contributed by atoms with E-state index in [-0.39, 0.29) is 5.38 Å². The Bertz CT molecular complexity index is 307. The Morgan fingerprint density at radius 2 is 2.21 bits per heavy atom. The molecular formula is C10H15ClN2S. The van der Waals surface area contributed by atoms with Gasteiger partial charge in [-0.25, -0.2) is 4.98 Å². The number of aromatic nitrogens is 2. The van der Waals surface area contributed by atoms with Gasteiger partial charge in [-0.3, -0.25) is 0 Å². The van der Waals surface area contributed by atoms with E-state index in [4.69, 9.17) is 11.6 Å². The quantitative estimate of drug-likeness (QED) is 0.743. The molecular weight excluding hydrogens is 216 g/mol. The zero-order valence-electron chi connectivity index (χ0n) is 8.53. The second-order valence-electron chi connectivity index (χ2n) is 4.28. The molecule has 78 valence electrons. The first-order valence-corrected chi connectivity index (χ1v) is 6.34. The van der Waals surface area contributed by atoms with Crippen molar-refractivity contribution in [3.8, 4) is 0 Å². The Hall–Kier alpha value is -0.150. The molecule has 0 aromatic carbocycles. The molecule has 1 heterocycles. The molecule has 0 N–H and O–H groups in total. The zero-order chi connectivity index (χ0) is 10.1. The minimum absolute atomic E-state index is 0.190. The van der Waals surface area contributed by atoms with E-state index in [0.29, 0.717) is 11.8 Å². The van der Waals surface area contributed by atoms with Crippen LogP contribution in [0.15, 0.2) is 0 Å². The SMILES string of the molecule is CC(C)C(Cl)Cc1nc(C2CC2)ns1. The van der Waals surface area contributed by atoms with E-state index in [1.807, 2.05) is 0 Å². The van der Waals surface area contributed by atoms with Crippen molar-refractivity contribution in [2.45, 2.75) is 44.4 Å². The van der Waals surface area contributed by atoms with Crippen LogP contribution in [0.2, 0.25) is 0 Å². The van der Waals surface area contributed by atoms with Gasteiger partial charge in [-0.15, -0.1) is 11.6 Å². The summed E-state index contributed by atoms with van der Waals surface area (Å²) in [5.41, 5.74) is 0. The molecule has 14 heavy (non-hydrogen) atoms. The van der Waals surface area contributed by atoms with Crippen LogP contribution in [0.5, 0.6) is 0 Å². The predicted octanol–water partition coefficient (Wildman–Crippen LogP) is 3.22. The monoisotopic (exact) mass is 230 g/mol. The maximum atomic E-state index is 6.19. The molecule has 0 aliphatic heterocycles. The first-order chi connectivity index (χ1) is 6.66. The van der Waals surface area contributed by atoms with Gasteiger partial charge in [-0.2, -0.15) is 4.37 Å². The average Bonchev–Trinajstić information content (AvgIpc) is 2.88. The van der Waals surface area contributed by atoms with Gasteiger partial charge >= 0.3 is 0 Å². The van der Waals surface area contributed by atoms with Gasteiger partial charge < -0.3 is 0 Å². The third kappa shape index (κ3) is 2.45. The number of hydrogen-bond donors (Lipinski definition) is 0. The van der Waals surface area contributed by atoms with Crippen molar-refractivity contribution in [3.63, 3.8) is 0 Å². The second-order valence-corrected chi connectivity index (χ2v) is 5.68. The van der Waals surface area contributed by atoms with E-state index >= 15 is 0 Å². The Kier molecular flexibility index (Phi) is 3.07. The van der Waals surface area contributed by atoms with Gasteiger partial charge in [0.15, 0.2) is 0 Å². The number of alkyl halides is 1. The van der Waals surface area contributed by atoms with Crippen molar-refractivity contribution in [3.05, 3.63) is 10.8 Å². The predicted molar refractivity (Wildman–Crippen MR) is 60.1 cm³/mol. The largest absolute Gasteiger partial charge is 0.224 e. The van der Waals surface area contributed by atoms with Crippen LogP contribution in [-0.4, -0.2) is 14.7 Å². The fourth-order valence-electron chi connectivity index (χ4n) is 1.26. The fraction of sp³-hybridized carbons (Fsp3) is 0.800. The van der Waals surface area contributed by atoms with Crippen LogP contribution in [0.25, 0.3) is 0 Å². The Balaban J connectivity index is 1.95. The maximum Gasteiger partial charge on any atom is 0.145 e. The normalized spacial score (nSPS) is 18.9. The average molecular weight is 231 g/mol. The van der Waals surface area contributed by atoms with Crippen LogP contribution in [0, 0.1) is 5.92 Å². The lowest BCUT2D eigenvalue weighted by molar-refractivity contribution is 0.594. The van der Waals surface area contributed by atoms with Crippen molar-refractivity contribution in [2.75, 3.05) is 0 Å². The van der Waals surface area contributed by atoms with E-state index in [0.717, 1.165) is 17.3 Å². The number of halogens is 1. The topological polar surface area (TPSA) is 25.8 Å². The summed E-state index contributed by atoms with van der Waals surface area (Å²) in [6.45, 7) is 4.28. The minimum Gasteiger partial charge on any atom is -0.224 e. The van der Waals surface area contributed by atoms with Crippen LogP contribution in [-0.2, 0) is 6.42 Å². The summed E-state index contributed by atoms with van der Waals surface area (Å²) in [7, 11) is 0. The molecule has 0 radical (unpaired) electrons. The van der Waals surface area contributed by atoms with Crippen molar-refractivity contribution in [1.29, 1.82) is 0 Å². The molecule has 1 aliphatic rings. The second kappa shape index (κ2) is 4.15.